The van der Waals surface area contributed by atoms with Crippen molar-refractivity contribution in [2.24, 2.45) is 0 Å². The molecular formula is C24H40O. The van der Waals surface area contributed by atoms with E-state index < -0.39 is 0 Å². The van der Waals surface area contributed by atoms with Crippen molar-refractivity contribution in [3.8, 4) is 5.75 Å². The molecule has 0 N–H and O–H groups in total. The first-order chi connectivity index (χ1) is 12.4. The summed E-state index contributed by atoms with van der Waals surface area (Å²) in [5.74, 6) is 0.952. The maximum absolute atomic E-state index is 5.64. The molecule has 0 bridgehead atoms. The molecule has 25 heavy (non-hydrogen) atoms. The van der Waals surface area contributed by atoms with Crippen molar-refractivity contribution < 1.29 is 4.74 Å². The lowest BCUT2D eigenvalue weighted by Gasteiger charge is -2.03. The minimum atomic E-state index is 0.683. The van der Waals surface area contributed by atoms with E-state index in [-0.39, 0.29) is 0 Å². The summed E-state index contributed by atoms with van der Waals surface area (Å²) in [4.78, 5) is 0. The van der Waals surface area contributed by atoms with Crippen LogP contribution in [0, 0.1) is 0 Å². The van der Waals surface area contributed by atoms with Gasteiger partial charge in [0, 0.05) is 0 Å². The Hall–Kier alpha value is -1.24. The fourth-order valence-corrected chi connectivity index (χ4v) is 3.13. The Balaban J connectivity index is 1.75. The van der Waals surface area contributed by atoms with Gasteiger partial charge in [-0.25, -0.2) is 0 Å². The van der Waals surface area contributed by atoms with Gasteiger partial charge < -0.3 is 4.74 Å². The van der Waals surface area contributed by atoms with Gasteiger partial charge in [0.05, 0.1) is 0 Å². The summed E-state index contributed by atoms with van der Waals surface area (Å²) in [6.07, 6.45) is 24.1. The van der Waals surface area contributed by atoms with Crippen LogP contribution in [-0.4, -0.2) is 6.61 Å². The average molecular weight is 345 g/mol. The van der Waals surface area contributed by atoms with Crippen molar-refractivity contribution >= 4 is 0 Å². The number of ether oxygens (including phenoxy) is 1. The summed E-state index contributed by atoms with van der Waals surface area (Å²) in [5.41, 5.74) is 0. The summed E-state index contributed by atoms with van der Waals surface area (Å²) in [6, 6.07) is 10.0. The van der Waals surface area contributed by atoms with Gasteiger partial charge in [-0.2, -0.15) is 0 Å². The molecule has 0 heterocycles. The van der Waals surface area contributed by atoms with E-state index in [9.17, 15) is 0 Å². The fourth-order valence-electron chi connectivity index (χ4n) is 3.13. The number of allylic oxidation sites excluding steroid dienone is 1. The Labute approximate surface area is 156 Å². The van der Waals surface area contributed by atoms with Crippen molar-refractivity contribution in [1.29, 1.82) is 0 Å². The summed E-state index contributed by atoms with van der Waals surface area (Å²) in [5, 5.41) is 0. The predicted molar refractivity (Wildman–Crippen MR) is 111 cm³/mol. The maximum Gasteiger partial charge on any atom is 0.119 e. The standard InChI is InChI=1S/C24H40O/c1-2-3-4-5-6-7-8-9-10-11-12-13-14-15-16-20-23-25-24-21-18-17-19-22-24/h16-22H,2-15,23H2,1H3. The lowest BCUT2D eigenvalue weighted by Crippen LogP contribution is -1.92. The molecule has 1 rings (SSSR count). The lowest BCUT2D eigenvalue weighted by atomic mass is 10.0. The molecule has 0 amide bonds. The molecule has 0 aliphatic carbocycles. The second kappa shape index (κ2) is 17.6. The van der Waals surface area contributed by atoms with Gasteiger partial charge in [-0.15, -0.1) is 0 Å². The monoisotopic (exact) mass is 344 g/mol. The molecule has 0 radical (unpaired) electrons. The average Bonchev–Trinajstić information content (AvgIpc) is 2.65. The molecule has 0 aromatic heterocycles. The number of unbranched alkanes of at least 4 members (excludes halogenated alkanes) is 13. The number of hydrogen-bond donors (Lipinski definition) is 0. The Morgan fingerprint density at radius 2 is 1.16 bits per heavy atom. The summed E-state index contributed by atoms with van der Waals surface area (Å²) >= 11 is 0. The van der Waals surface area contributed by atoms with E-state index in [1.165, 1.54) is 89.9 Å². The van der Waals surface area contributed by atoms with Gasteiger partial charge in [0.15, 0.2) is 0 Å². The van der Waals surface area contributed by atoms with Gasteiger partial charge >= 0.3 is 0 Å². The van der Waals surface area contributed by atoms with Crippen molar-refractivity contribution in [3.05, 3.63) is 42.5 Å². The molecule has 0 aliphatic heterocycles. The van der Waals surface area contributed by atoms with Crippen LogP contribution in [0.5, 0.6) is 5.75 Å². The molecule has 1 aromatic carbocycles. The molecule has 142 valence electrons. The molecular weight excluding hydrogens is 304 g/mol. The Morgan fingerprint density at radius 3 is 1.72 bits per heavy atom. The van der Waals surface area contributed by atoms with Crippen LogP contribution in [0.15, 0.2) is 42.5 Å². The second-order valence-corrected chi connectivity index (χ2v) is 7.13. The van der Waals surface area contributed by atoms with Gasteiger partial charge in [-0.05, 0) is 25.0 Å². The number of hydrogen-bond acceptors (Lipinski definition) is 1. The zero-order valence-electron chi connectivity index (χ0n) is 16.6. The van der Waals surface area contributed by atoms with Gasteiger partial charge in [0.1, 0.15) is 12.4 Å². The highest BCUT2D eigenvalue weighted by Gasteiger charge is 1.93. The van der Waals surface area contributed by atoms with Crippen LogP contribution < -0.4 is 4.74 Å². The lowest BCUT2D eigenvalue weighted by molar-refractivity contribution is 0.362. The third kappa shape index (κ3) is 14.8. The highest BCUT2D eigenvalue weighted by Crippen LogP contribution is 2.13. The first kappa shape index (κ1) is 21.8. The third-order valence-electron chi connectivity index (χ3n) is 4.73. The molecule has 0 saturated carbocycles. The second-order valence-electron chi connectivity index (χ2n) is 7.13. The van der Waals surface area contributed by atoms with Crippen molar-refractivity contribution in [1.82, 2.24) is 0 Å². The highest BCUT2D eigenvalue weighted by molar-refractivity contribution is 5.21. The SMILES string of the molecule is CCCCCCCCCCCCCCCC=CCOc1ccccc1. The van der Waals surface area contributed by atoms with E-state index in [0.717, 1.165) is 5.75 Å². The Morgan fingerprint density at radius 1 is 0.640 bits per heavy atom. The topological polar surface area (TPSA) is 9.23 Å². The summed E-state index contributed by atoms with van der Waals surface area (Å²) < 4.78 is 5.64. The van der Waals surface area contributed by atoms with E-state index >= 15 is 0 Å². The zero-order chi connectivity index (χ0) is 17.8. The smallest absolute Gasteiger partial charge is 0.119 e. The minimum Gasteiger partial charge on any atom is -0.490 e. The van der Waals surface area contributed by atoms with Crippen LogP contribution in [0.3, 0.4) is 0 Å². The summed E-state index contributed by atoms with van der Waals surface area (Å²) in [6.45, 7) is 2.97. The molecule has 0 aliphatic rings. The normalized spacial score (nSPS) is 11.2. The van der Waals surface area contributed by atoms with Crippen LogP contribution in [0.1, 0.15) is 96.8 Å². The molecule has 1 nitrogen and oxygen atoms in total. The zero-order valence-corrected chi connectivity index (χ0v) is 16.6. The van der Waals surface area contributed by atoms with Crippen molar-refractivity contribution in [2.45, 2.75) is 96.8 Å². The molecule has 0 unspecified atom stereocenters. The third-order valence-corrected chi connectivity index (χ3v) is 4.73. The van der Waals surface area contributed by atoms with Crippen LogP contribution >= 0.6 is 0 Å². The maximum atomic E-state index is 5.64. The van der Waals surface area contributed by atoms with Crippen molar-refractivity contribution in [2.75, 3.05) is 6.61 Å². The van der Waals surface area contributed by atoms with Crippen LogP contribution in [-0.2, 0) is 0 Å². The van der Waals surface area contributed by atoms with E-state index in [2.05, 4.69) is 19.1 Å². The fraction of sp³-hybridized carbons (Fsp3) is 0.667. The van der Waals surface area contributed by atoms with Crippen LogP contribution in [0.4, 0.5) is 0 Å². The minimum absolute atomic E-state index is 0.683. The highest BCUT2D eigenvalue weighted by atomic mass is 16.5. The molecule has 0 saturated heterocycles. The van der Waals surface area contributed by atoms with Crippen molar-refractivity contribution in [3.63, 3.8) is 0 Å². The first-order valence-electron chi connectivity index (χ1n) is 10.8. The van der Waals surface area contributed by atoms with Gasteiger partial charge in [-0.1, -0.05) is 114 Å². The molecule has 0 spiro atoms. The molecule has 1 heteroatoms. The van der Waals surface area contributed by atoms with E-state index in [1.807, 2.05) is 30.3 Å². The molecule has 0 fully saturated rings. The van der Waals surface area contributed by atoms with Gasteiger partial charge in [0.25, 0.3) is 0 Å². The summed E-state index contributed by atoms with van der Waals surface area (Å²) in [7, 11) is 0. The van der Waals surface area contributed by atoms with E-state index in [4.69, 9.17) is 4.74 Å². The first-order valence-corrected chi connectivity index (χ1v) is 10.8. The van der Waals surface area contributed by atoms with Crippen LogP contribution in [0.25, 0.3) is 0 Å². The number of benzene rings is 1. The number of para-hydroxylation sites is 1. The predicted octanol–water partition coefficient (Wildman–Crippen LogP) is 8.10. The molecule has 1 aromatic rings. The Kier molecular flexibility index (Phi) is 15.3. The molecule has 0 atom stereocenters. The van der Waals surface area contributed by atoms with Gasteiger partial charge in [-0.3, -0.25) is 0 Å². The van der Waals surface area contributed by atoms with Crippen LogP contribution in [0.2, 0.25) is 0 Å². The van der Waals surface area contributed by atoms with E-state index in [1.54, 1.807) is 0 Å². The van der Waals surface area contributed by atoms with E-state index in [0.29, 0.717) is 6.61 Å². The quantitative estimate of drug-likeness (QED) is 0.205. The number of rotatable bonds is 17. The largest absolute Gasteiger partial charge is 0.490 e. The van der Waals surface area contributed by atoms with Gasteiger partial charge in [0.2, 0.25) is 0 Å². The Bertz CT molecular complexity index is 396.